The van der Waals surface area contributed by atoms with Gasteiger partial charge in [0.1, 0.15) is 0 Å². The van der Waals surface area contributed by atoms with Gasteiger partial charge in [0.25, 0.3) is 0 Å². The minimum Gasteiger partial charge on any atom is -0.481 e. The van der Waals surface area contributed by atoms with E-state index in [1.165, 1.54) is 0 Å². The molecule has 1 saturated carbocycles. The first-order valence-corrected chi connectivity index (χ1v) is 7.62. The van der Waals surface area contributed by atoms with Gasteiger partial charge in [-0.05, 0) is 24.7 Å². The summed E-state index contributed by atoms with van der Waals surface area (Å²) in [5, 5.41) is 14.5. The molecule has 0 spiro atoms. The van der Waals surface area contributed by atoms with E-state index in [1.54, 1.807) is 0 Å². The van der Waals surface area contributed by atoms with Crippen LogP contribution >= 0.6 is 0 Å². The number of carbonyl (C=O) groups excluding carboxylic acids is 2. The molecule has 1 aliphatic rings. The monoisotopic (exact) mass is 298 g/mol. The lowest BCUT2D eigenvalue weighted by Gasteiger charge is -2.15. The average Bonchev–Trinajstić information content (AvgIpc) is 2.87. The molecule has 1 aliphatic carbocycles. The van der Waals surface area contributed by atoms with Crippen molar-refractivity contribution in [1.29, 1.82) is 0 Å². The van der Waals surface area contributed by atoms with Crippen molar-refractivity contribution in [1.82, 2.24) is 10.6 Å². The van der Waals surface area contributed by atoms with E-state index >= 15 is 0 Å². The normalized spacial score (nSPS) is 24.9. The van der Waals surface area contributed by atoms with E-state index in [4.69, 9.17) is 0 Å². The molecule has 120 valence electrons. The van der Waals surface area contributed by atoms with E-state index in [0.29, 0.717) is 25.3 Å². The molecule has 0 bridgehead atoms. The topological polar surface area (TPSA) is 95.5 Å². The van der Waals surface area contributed by atoms with Crippen molar-refractivity contribution in [3.8, 4) is 0 Å². The number of nitrogens with one attached hydrogen (secondary N) is 2. The number of carboxylic acid groups (broad SMARTS) is 1. The standard InChI is InChI=1S/C15H26N2O4/c1-4-10-5-11(12(6-10)15(20)21)14(19)17-8-13(18)16-7-9(2)3/h9-12H,4-8H2,1-3H3,(H,16,18)(H,17,19)(H,20,21)/t10?,11-,12+/m0/s1. The third-order valence-corrected chi connectivity index (χ3v) is 4.02. The zero-order chi connectivity index (χ0) is 16.0. The minimum absolute atomic E-state index is 0.0921. The van der Waals surface area contributed by atoms with Crippen LogP contribution in [0.15, 0.2) is 0 Å². The van der Waals surface area contributed by atoms with Gasteiger partial charge in [-0.25, -0.2) is 0 Å². The average molecular weight is 298 g/mol. The maximum atomic E-state index is 12.1. The second-order valence-electron chi connectivity index (χ2n) is 6.21. The van der Waals surface area contributed by atoms with Gasteiger partial charge in [0.05, 0.1) is 18.4 Å². The van der Waals surface area contributed by atoms with Crippen LogP contribution in [0.25, 0.3) is 0 Å². The zero-order valence-corrected chi connectivity index (χ0v) is 13.0. The summed E-state index contributed by atoms with van der Waals surface area (Å²) in [5.41, 5.74) is 0. The maximum Gasteiger partial charge on any atom is 0.307 e. The van der Waals surface area contributed by atoms with Crippen LogP contribution in [0.2, 0.25) is 0 Å². The molecule has 0 heterocycles. The van der Waals surface area contributed by atoms with Crippen molar-refractivity contribution in [2.45, 2.75) is 40.0 Å². The molecule has 0 radical (unpaired) electrons. The molecule has 0 saturated heterocycles. The van der Waals surface area contributed by atoms with Crippen LogP contribution in [0.5, 0.6) is 0 Å². The van der Waals surface area contributed by atoms with Gasteiger partial charge in [-0.2, -0.15) is 0 Å². The van der Waals surface area contributed by atoms with Crippen LogP contribution in [-0.4, -0.2) is 36.0 Å². The fraction of sp³-hybridized carbons (Fsp3) is 0.800. The highest BCUT2D eigenvalue weighted by molar-refractivity contribution is 5.88. The van der Waals surface area contributed by atoms with Gasteiger partial charge in [-0.1, -0.05) is 27.2 Å². The Balaban J connectivity index is 2.46. The van der Waals surface area contributed by atoms with Crippen molar-refractivity contribution in [2.75, 3.05) is 13.1 Å². The summed E-state index contributed by atoms with van der Waals surface area (Å²) in [6, 6.07) is 0. The van der Waals surface area contributed by atoms with Crippen molar-refractivity contribution in [3.63, 3.8) is 0 Å². The SMILES string of the molecule is CCC1C[C@H](C(=O)NCC(=O)NCC(C)C)[C@H](C(=O)O)C1. The molecular formula is C15H26N2O4. The van der Waals surface area contributed by atoms with Crippen LogP contribution in [0.3, 0.4) is 0 Å². The predicted molar refractivity (Wildman–Crippen MR) is 78.5 cm³/mol. The summed E-state index contributed by atoms with van der Waals surface area (Å²) in [6.07, 6.45) is 2.01. The largest absolute Gasteiger partial charge is 0.481 e. The molecule has 3 N–H and O–H groups in total. The molecule has 2 amide bonds. The Labute approximate surface area is 125 Å². The Morgan fingerprint density at radius 3 is 2.29 bits per heavy atom. The molecular weight excluding hydrogens is 272 g/mol. The van der Waals surface area contributed by atoms with E-state index in [-0.39, 0.29) is 24.3 Å². The van der Waals surface area contributed by atoms with Crippen molar-refractivity contribution < 1.29 is 19.5 Å². The number of carbonyl (C=O) groups is 3. The smallest absolute Gasteiger partial charge is 0.307 e. The molecule has 6 nitrogen and oxygen atoms in total. The van der Waals surface area contributed by atoms with Crippen LogP contribution in [0.1, 0.15) is 40.0 Å². The fourth-order valence-corrected chi connectivity index (χ4v) is 2.72. The van der Waals surface area contributed by atoms with Crippen molar-refractivity contribution in [3.05, 3.63) is 0 Å². The molecule has 0 aromatic heterocycles. The molecule has 1 unspecified atom stereocenters. The first kappa shape index (κ1) is 17.5. The molecule has 0 aromatic carbocycles. The van der Waals surface area contributed by atoms with E-state index in [9.17, 15) is 19.5 Å². The van der Waals surface area contributed by atoms with Crippen LogP contribution in [-0.2, 0) is 14.4 Å². The third-order valence-electron chi connectivity index (χ3n) is 4.02. The summed E-state index contributed by atoms with van der Waals surface area (Å²) in [5.74, 6) is -2.01. The van der Waals surface area contributed by atoms with E-state index < -0.39 is 17.8 Å². The third kappa shape index (κ3) is 5.36. The van der Waals surface area contributed by atoms with Gasteiger partial charge in [0.2, 0.25) is 11.8 Å². The number of amides is 2. The number of aliphatic carboxylic acids is 1. The van der Waals surface area contributed by atoms with E-state index in [2.05, 4.69) is 10.6 Å². The first-order chi connectivity index (χ1) is 9.85. The van der Waals surface area contributed by atoms with Gasteiger partial charge in [0, 0.05) is 6.54 Å². The Bertz CT molecular complexity index is 395. The summed E-state index contributed by atoms with van der Waals surface area (Å²) < 4.78 is 0. The van der Waals surface area contributed by atoms with Crippen LogP contribution < -0.4 is 10.6 Å². The number of hydrogen-bond donors (Lipinski definition) is 3. The maximum absolute atomic E-state index is 12.1. The fourth-order valence-electron chi connectivity index (χ4n) is 2.72. The molecule has 0 aromatic rings. The first-order valence-electron chi connectivity index (χ1n) is 7.62. The van der Waals surface area contributed by atoms with E-state index in [1.807, 2.05) is 20.8 Å². The quantitative estimate of drug-likeness (QED) is 0.653. The molecule has 1 fully saturated rings. The molecule has 21 heavy (non-hydrogen) atoms. The summed E-state index contributed by atoms with van der Waals surface area (Å²) in [6.45, 7) is 6.45. The van der Waals surface area contributed by atoms with Gasteiger partial charge >= 0.3 is 5.97 Å². The number of rotatable bonds is 7. The molecule has 1 rings (SSSR count). The Morgan fingerprint density at radius 1 is 1.14 bits per heavy atom. The van der Waals surface area contributed by atoms with Gasteiger partial charge in [0.15, 0.2) is 0 Å². The van der Waals surface area contributed by atoms with Crippen molar-refractivity contribution >= 4 is 17.8 Å². The summed E-state index contributed by atoms with van der Waals surface area (Å²) in [4.78, 5) is 34.9. The van der Waals surface area contributed by atoms with Crippen LogP contribution in [0.4, 0.5) is 0 Å². The van der Waals surface area contributed by atoms with E-state index in [0.717, 1.165) is 6.42 Å². The number of hydrogen-bond acceptors (Lipinski definition) is 3. The Kier molecular flexibility index (Phi) is 6.65. The highest BCUT2D eigenvalue weighted by Crippen LogP contribution is 2.38. The lowest BCUT2D eigenvalue weighted by molar-refractivity contribution is -0.146. The highest BCUT2D eigenvalue weighted by atomic mass is 16.4. The predicted octanol–water partition coefficient (Wildman–Crippen LogP) is 1.01. The number of carboxylic acids is 1. The van der Waals surface area contributed by atoms with Gasteiger partial charge in [-0.15, -0.1) is 0 Å². The van der Waals surface area contributed by atoms with Gasteiger partial charge in [-0.3, -0.25) is 14.4 Å². The zero-order valence-electron chi connectivity index (χ0n) is 13.0. The second-order valence-corrected chi connectivity index (χ2v) is 6.21. The summed E-state index contributed by atoms with van der Waals surface area (Å²) >= 11 is 0. The molecule has 6 heteroatoms. The second kappa shape index (κ2) is 8.00. The highest BCUT2D eigenvalue weighted by Gasteiger charge is 2.42. The minimum atomic E-state index is -0.921. The van der Waals surface area contributed by atoms with Gasteiger partial charge < -0.3 is 15.7 Å². The summed E-state index contributed by atoms with van der Waals surface area (Å²) in [7, 11) is 0. The van der Waals surface area contributed by atoms with Crippen LogP contribution in [0, 0.1) is 23.7 Å². The lowest BCUT2D eigenvalue weighted by atomic mass is 9.95. The molecule has 0 aliphatic heterocycles. The lowest BCUT2D eigenvalue weighted by Crippen LogP contribution is -2.42. The Morgan fingerprint density at radius 2 is 1.76 bits per heavy atom. The molecule has 3 atom stereocenters. The van der Waals surface area contributed by atoms with Crippen molar-refractivity contribution in [2.24, 2.45) is 23.7 Å². The Hall–Kier alpha value is -1.59.